The Kier molecular flexibility index (Phi) is 5.03. The number of rotatable bonds is 7. The van der Waals surface area contributed by atoms with Gasteiger partial charge in [0.2, 0.25) is 0 Å². The molecule has 0 unspecified atom stereocenters. The zero-order chi connectivity index (χ0) is 12.7. The van der Waals surface area contributed by atoms with E-state index in [2.05, 4.69) is 6.58 Å². The van der Waals surface area contributed by atoms with Crippen molar-refractivity contribution < 1.29 is 13.2 Å². The third-order valence-corrected chi connectivity index (χ3v) is 3.77. The number of hydrogen-bond donors (Lipinski definition) is 1. The van der Waals surface area contributed by atoms with Crippen LogP contribution in [0, 0.1) is 0 Å². The molecule has 0 radical (unpaired) electrons. The first kappa shape index (κ1) is 13.6. The summed E-state index contributed by atoms with van der Waals surface area (Å²) in [6.07, 6.45) is 1.87. The van der Waals surface area contributed by atoms with E-state index >= 15 is 0 Å². The van der Waals surface area contributed by atoms with Crippen LogP contribution in [0.2, 0.25) is 0 Å². The van der Waals surface area contributed by atoms with E-state index in [0.29, 0.717) is 24.5 Å². The first-order valence-electron chi connectivity index (χ1n) is 5.33. The molecule has 0 aliphatic rings. The van der Waals surface area contributed by atoms with Crippen molar-refractivity contribution in [3.8, 4) is 5.75 Å². The van der Waals surface area contributed by atoms with Gasteiger partial charge in [-0.25, -0.2) is 8.42 Å². The van der Waals surface area contributed by atoms with E-state index < -0.39 is 9.84 Å². The molecule has 0 saturated carbocycles. The summed E-state index contributed by atoms with van der Waals surface area (Å²) >= 11 is 0. The molecule has 0 fully saturated rings. The van der Waals surface area contributed by atoms with Gasteiger partial charge in [-0.1, -0.05) is 6.08 Å². The summed E-state index contributed by atoms with van der Waals surface area (Å²) in [6.45, 7) is 3.78. The van der Waals surface area contributed by atoms with E-state index in [-0.39, 0.29) is 11.5 Å². The van der Waals surface area contributed by atoms with Gasteiger partial charge in [0.25, 0.3) is 0 Å². The molecule has 17 heavy (non-hydrogen) atoms. The van der Waals surface area contributed by atoms with E-state index in [0.717, 1.165) is 0 Å². The van der Waals surface area contributed by atoms with Crippen molar-refractivity contribution in [2.24, 2.45) is 0 Å². The van der Waals surface area contributed by atoms with Crippen molar-refractivity contribution in [2.75, 3.05) is 23.8 Å². The largest absolute Gasteiger partial charge is 0.494 e. The first-order chi connectivity index (χ1) is 8.03. The summed E-state index contributed by atoms with van der Waals surface area (Å²) in [5.74, 6) is 0.836. The third kappa shape index (κ3) is 5.40. The number of nitrogens with two attached hydrogens (primary N) is 1. The maximum Gasteiger partial charge on any atom is 0.153 e. The Morgan fingerprint density at radius 3 is 2.53 bits per heavy atom. The molecule has 1 rings (SSSR count). The third-order valence-electron chi connectivity index (χ3n) is 2.12. The Morgan fingerprint density at radius 2 is 1.94 bits per heavy atom. The quantitative estimate of drug-likeness (QED) is 0.457. The molecule has 1 aromatic rings. The molecule has 5 heteroatoms. The smallest absolute Gasteiger partial charge is 0.153 e. The molecule has 0 saturated heterocycles. The van der Waals surface area contributed by atoms with E-state index in [1.54, 1.807) is 24.3 Å². The van der Waals surface area contributed by atoms with Gasteiger partial charge < -0.3 is 10.5 Å². The maximum atomic E-state index is 11.3. The summed E-state index contributed by atoms with van der Waals surface area (Å²) in [5, 5.41) is 0. The predicted octanol–water partition coefficient (Wildman–Crippen LogP) is 1.64. The SMILES string of the molecule is C=CCS(=O)(=O)CCCOc1ccc(N)cc1. The van der Waals surface area contributed by atoms with Gasteiger partial charge in [0.15, 0.2) is 9.84 Å². The Balaban J connectivity index is 2.29. The monoisotopic (exact) mass is 255 g/mol. The highest BCUT2D eigenvalue weighted by Gasteiger charge is 2.07. The second kappa shape index (κ2) is 6.30. The molecule has 1 aromatic carbocycles. The Bertz CT molecular complexity index is 451. The Morgan fingerprint density at radius 1 is 1.29 bits per heavy atom. The number of anilines is 1. The minimum absolute atomic E-state index is 0.0227. The number of sulfone groups is 1. The molecular formula is C12H17NO3S. The van der Waals surface area contributed by atoms with Crippen LogP contribution in [0.5, 0.6) is 5.75 Å². The normalized spacial score (nSPS) is 11.1. The maximum absolute atomic E-state index is 11.3. The van der Waals surface area contributed by atoms with E-state index in [1.165, 1.54) is 6.08 Å². The van der Waals surface area contributed by atoms with Crippen LogP contribution in [0.3, 0.4) is 0 Å². The van der Waals surface area contributed by atoms with Crippen molar-refractivity contribution in [3.05, 3.63) is 36.9 Å². The summed E-state index contributed by atoms with van der Waals surface area (Å²) in [4.78, 5) is 0. The first-order valence-corrected chi connectivity index (χ1v) is 7.15. The van der Waals surface area contributed by atoms with Gasteiger partial charge in [-0.2, -0.15) is 0 Å². The van der Waals surface area contributed by atoms with Crippen LogP contribution in [0.4, 0.5) is 5.69 Å². The lowest BCUT2D eigenvalue weighted by Crippen LogP contribution is -2.12. The van der Waals surface area contributed by atoms with Crippen molar-refractivity contribution in [2.45, 2.75) is 6.42 Å². The fraction of sp³-hybridized carbons (Fsp3) is 0.333. The molecule has 4 nitrogen and oxygen atoms in total. The van der Waals surface area contributed by atoms with Gasteiger partial charge in [-0.3, -0.25) is 0 Å². The van der Waals surface area contributed by atoms with Gasteiger partial charge in [-0.15, -0.1) is 6.58 Å². The summed E-state index contributed by atoms with van der Waals surface area (Å²) in [6, 6.07) is 6.99. The van der Waals surface area contributed by atoms with Gasteiger partial charge in [0, 0.05) is 5.69 Å². The van der Waals surface area contributed by atoms with Crippen LogP contribution in [-0.2, 0) is 9.84 Å². The van der Waals surface area contributed by atoms with Gasteiger partial charge in [0.05, 0.1) is 18.1 Å². The lowest BCUT2D eigenvalue weighted by atomic mass is 10.3. The molecule has 0 atom stereocenters. The van der Waals surface area contributed by atoms with E-state index in [9.17, 15) is 8.42 Å². The molecule has 0 aromatic heterocycles. The molecule has 0 aliphatic heterocycles. The van der Waals surface area contributed by atoms with Gasteiger partial charge in [-0.05, 0) is 30.7 Å². The fourth-order valence-corrected chi connectivity index (χ4v) is 2.38. The van der Waals surface area contributed by atoms with Crippen LogP contribution in [-0.4, -0.2) is 26.5 Å². The minimum atomic E-state index is -3.01. The zero-order valence-corrected chi connectivity index (χ0v) is 10.4. The van der Waals surface area contributed by atoms with Crippen LogP contribution >= 0.6 is 0 Å². The molecule has 0 amide bonds. The van der Waals surface area contributed by atoms with Crippen molar-refractivity contribution in [1.29, 1.82) is 0 Å². The van der Waals surface area contributed by atoms with Crippen LogP contribution < -0.4 is 10.5 Å². The predicted molar refractivity (Wildman–Crippen MR) is 69.8 cm³/mol. The number of ether oxygens (including phenoxy) is 1. The molecule has 2 N–H and O–H groups in total. The summed E-state index contributed by atoms with van der Waals surface area (Å²) in [5.41, 5.74) is 6.20. The van der Waals surface area contributed by atoms with Crippen molar-refractivity contribution in [1.82, 2.24) is 0 Å². The highest BCUT2D eigenvalue weighted by molar-refractivity contribution is 7.91. The second-order valence-electron chi connectivity index (χ2n) is 3.67. The van der Waals surface area contributed by atoms with Gasteiger partial charge in [0.1, 0.15) is 5.75 Å². The highest BCUT2D eigenvalue weighted by Crippen LogP contribution is 2.13. The number of benzene rings is 1. The minimum Gasteiger partial charge on any atom is -0.494 e. The molecular weight excluding hydrogens is 238 g/mol. The highest BCUT2D eigenvalue weighted by atomic mass is 32.2. The van der Waals surface area contributed by atoms with Crippen molar-refractivity contribution in [3.63, 3.8) is 0 Å². The average Bonchev–Trinajstić information content (AvgIpc) is 2.27. The Labute approximate surface area is 102 Å². The summed E-state index contributed by atoms with van der Waals surface area (Å²) < 4.78 is 28.1. The van der Waals surface area contributed by atoms with Crippen molar-refractivity contribution >= 4 is 15.5 Å². The number of nitrogen functional groups attached to an aromatic ring is 1. The number of hydrogen-bond acceptors (Lipinski definition) is 4. The topological polar surface area (TPSA) is 69.4 Å². The molecule has 94 valence electrons. The van der Waals surface area contributed by atoms with Crippen LogP contribution in [0.15, 0.2) is 36.9 Å². The van der Waals surface area contributed by atoms with Crippen LogP contribution in [0.25, 0.3) is 0 Å². The Hall–Kier alpha value is -1.49. The summed E-state index contributed by atoms with van der Waals surface area (Å²) in [7, 11) is -3.01. The molecule has 0 aliphatic carbocycles. The fourth-order valence-electron chi connectivity index (χ4n) is 1.30. The lowest BCUT2D eigenvalue weighted by Gasteiger charge is -2.06. The molecule has 0 heterocycles. The van der Waals surface area contributed by atoms with Gasteiger partial charge >= 0.3 is 0 Å². The average molecular weight is 255 g/mol. The second-order valence-corrected chi connectivity index (χ2v) is 5.90. The molecule has 0 bridgehead atoms. The van der Waals surface area contributed by atoms with E-state index in [1.807, 2.05) is 0 Å². The zero-order valence-electron chi connectivity index (χ0n) is 9.63. The standard InChI is InChI=1S/C12H17NO3S/c1-2-9-17(14,15)10-3-8-16-12-6-4-11(13)5-7-12/h2,4-7H,1,3,8-10,13H2. The lowest BCUT2D eigenvalue weighted by molar-refractivity contribution is 0.318. The van der Waals surface area contributed by atoms with E-state index in [4.69, 9.17) is 10.5 Å². The van der Waals surface area contributed by atoms with Crippen LogP contribution in [0.1, 0.15) is 6.42 Å². The molecule has 0 spiro atoms.